The van der Waals surface area contributed by atoms with Crippen molar-refractivity contribution in [2.24, 2.45) is 23.2 Å². The highest BCUT2D eigenvalue weighted by atomic mass is 32.2. The predicted octanol–water partition coefficient (Wildman–Crippen LogP) is 4.90. The molecule has 1 aromatic heterocycles. The molecule has 0 aliphatic heterocycles. The van der Waals surface area contributed by atoms with Crippen molar-refractivity contribution < 1.29 is 13.2 Å². The first-order valence-corrected chi connectivity index (χ1v) is 16.0. The van der Waals surface area contributed by atoms with E-state index < -0.39 is 10.0 Å². The Labute approximate surface area is 219 Å². The van der Waals surface area contributed by atoms with Crippen LogP contribution in [0.15, 0.2) is 28.3 Å². The second kappa shape index (κ2) is 9.95. The van der Waals surface area contributed by atoms with Crippen molar-refractivity contribution in [1.82, 2.24) is 19.2 Å². The van der Waals surface area contributed by atoms with Gasteiger partial charge in [0.05, 0.1) is 21.7 Å². The minimum atomic E-state index is -3.55. The maximum Gasteiger partial charge on any atom is 0.243 e. The molecule has 1 aromatic carbocycles. The van der Waals surface area contributed by atoms with Gasteiger partial charge in [-0.15, -0.1) is 0 Å². The molecule has 198 valence electrons. The summed E-state index contributed by atoms with van der Waals surface area (Å²) in [6.45, 7) is 9.50. The number of sulfonamides is 1. The molecule has 36 heavy (non-hydrogen) atoms. The first-order valence-electron chi connectivity index (χ1n) is 13.6. The summed E-state index contributed by atoms with van der Waals surface area (Å²) >= 11 is 1.43. The number of fused-ring (bicyclic) bond motifs is 1. The number of nitrogens with one attached hydrogen (secondary N) is 1. The second-order valence-corrected chi connectivity index (χ2v) is 14.1. The zero-order chi connectivity index (χ0) is 25.7. The molecule has 4 saturated carbocycles. The number of imidazole rings is 1. The van der Waals surface area contributed by atoms with E-state index in [4.69, 9.17) is 4.98 Å². The van der Waals surface area contributed by atoms with E-state index in [-0.39, 0.29) is 16.8 Å². The van der Waals surface area contributed by atoms with Crippen LogP contribution in [-0.2, 0) is 21.4 Å². The molecule has 1 amide bonds. The van der Waals surface area contributed by atoms with E-state index in [0.717, 1.165) is 28.4 Å². The van der Waals surface area contributed by atoms with Crippen LogP contribution in [0.25, 0.3) is 11.0 Å². The topological polar surface area (TPSA) is 84.3 Å². The Morgan fingerprint density at radius 3 is 2.31 bits per heavy atom. The van der Waals surface area contributed by atoms with Crippen LogP contribution in [0.3, 0.4) is 0 Å². The lowest BCUT2D eigenvalue weighted by molar-refractivity contribution is -0.123. The number of carbonyl (C=O) groups excluding carboxylic acids is 1. The summed E-state index contributed by atoms with van der Waals surface area (Å²) in [7, 11) is -3.55. The lowest BCUT2D eigenvalue weighted by atomic mass is 9.48. The summed E-state index contributed by atoms with van der Waals surface area (Å²) in [4.78, 5) is 18.0. The Morgan fingerprint density at radius 2 is 1.75 bits per heavy atom. The van der Waals surface area contributed by atoms with Crippen LogP contribution in [0.5, 0.6) is 0 Å². The van der Waals surface area contributed by atoms with E-state index in [0.29, 0.717) is 36.3 Å². The largest absolute Gasteiger partial charge is 0.352 e. The van der Waals surface area contributed by atoms with Crippen LogP contribution in [0.2, 0.25) is 0 Å². The molecule has 2 aromatic rings. The van der Waals surface area contributed by atoms with Gasteiger partial charge in [-0.1, -0.05) is 25.6 Å². The quantitative estimate of drug-likeness (QED) is 0.440. The zero-order valence-corrected chi connectivity index (χ0v) is 23.6. The molecule has 0 radical (unpaired) electrons. The van der Waals surface area contributed by atoms with Gasteiger partial charge in [0, 0.05) is 25.7 Å². The van der Waals surface area contributed by atoms with E-state index in [9.17, 15) is 13.2 Å². The van der Waals surface area contributed by atoms with Gasteiger partial charge in [-0.05, 0) is 93.7 Å². The average Bonchev–Trinajstić information content (AvgIpc) is 3.19. The predicted molar refractivity (Wildman–Crippen MR) is 144 cm³/mol. The molecular formula is C27H40N4O3S2. The van der Waals surface area contributed by atoms with Gasteiger partial charge in [0.1, 0.15) is 0 Å². The highest BCUT2D eigenvalue weighted by Crippen LogP contribution is 2.61. The van der Waals surface area contributed by atoms with Crippen molar-refractivity contribution in [1.29, 1.82) is 0 Å². The van der Waals surface area contributed by atoms with Crippen LogP contribution >= 0.6 is 11.8 Å². The fourth-order valence-electron chi connectivity index (χ4n) is 7.65. The van der Waals surface area contributed by atoms with E-state index in [1.54, 1.807) is 12.1 Å². The molecule has 6 rings (SSSR count). The number of thioether (sulfide) groups is 1. The summed E-state index contributed by atoms with van der Waals surface area (Å²) < 4.78 is 29.5. The van der Waals surface area contributed by atoms with Crippen LogP contribution in [0, 0.1) is 23.2 Å². The highest BCUT2D eigenvalue weighted by Gasteiger charge is 2.53. The smallest absolute Gasteiger partial charge is 0.243 e. The third-order valence-electron chi connectivity index (χ3n) is 9.06. The molecular weight excluding hydrogens is 492 g/mol. The monoisotopic (exact) mass is 532 g/mol. The van der Waals surface area contributed by atoms with E-state index in [1.165, 1.54) is 54.6 Å². The maximum atomic E-state index is 13.0. The van der Waals surface area contributed by atoms with Crippen LogP contribution in [0.4, 0.5) is 0 Å². The third kappa shape index (κ3) is 4.60. The van der Waals surface area contributed by atoms with E-state index >= 15 is 0 Å². The van der Waals surface area contributed by atoms with Crippen molar-refractivity contribution in [2.75, 3.05) is 18.8 Å². The molecule has 0 saturated heterocycles. The number of aromatic nitrogens is 2. The summed E-state index contributed by atoms with van der Waals surface area (Å²) in [5.41, 5.74) is 1.83. The van der Waals surface area contributed by atoms with Crippen molar-refractivity contribution in [3.05, 3.63) is 18.2 Å². The molecule has 4 bridgehead atoms. The van der Waals surface area contributed by atoms with Gasteiger partial charge in [0.2, 0.25) is 15.9 Å². The Bertz CT molecular complexity index is 1200. The molecule has 9 heteroatoms. The number of rotatable bonds is 10. The van der Waals surface area contributed by atoms with Crippen molar-refractivity contribution in [3.63, 3.8) is 0 Å². The molecule has 1 N–H and O–H groups in total. The first-order chi connectivity index (χ1) is 17.2. The maximum absolute atomic E-state index is 13.0. The molecule has 1 unspecified atom stereocenters. The molecule has 4 fully saturated rings. The first kappa shape index (κ1) is 26.0. The minimum absolute atomic E-state index is 0.0581. The number of carbonyl (C=O) groups is 1. The molecule has 4 aliphatic rings. The van der Waals surface area contributed by atoms with Crippen molar-refractivity contribution >= 4 is 38.7 Å². The highest BCUT2D eigenvalue weighted by molar-refractivity contribution is 7.99. The second-order valence-electron chi connectivity index (χ2n) is 11.2. The van der Waals surface area contributed by atoms with Gasteiger partial charge >= 0.3 is 0 Å². The number of hydrogen-bond donors (Lipinski definition) is 1. The summed E-state index contributed by atoms with van der Waals surface area (Å²) in [6.07, 6.45) is 8.04. The van der Waals surface area contributed by atoms with Crippen molar-refractivity contribution in [3.8, 4) is 0 Å². The molecule has 4 aliphatic carbocycles. The Kier molecular flexibility index (Phi) is 7.20. The Balaban J connectivity index is 1.28. The molecule has 1 heterocycles. The van der Waals surface area contributed by atoms with Gasteiger partial charge in [-0.25, -0.2) is 13.4 Å². The SMILES string of the molecule is CCN(CC)S(=O)(=O)c1ccc2c(c1)nc(SCC(=O)NC(C)C13CC4CC(CC(C4)C1)C3)n2CC. The normalized spacial score (nSPS) is 28.2. The van der Waals surface area contributed by atoms with E-state index in [1.807, 2.05) is 26.8 Å². The lowest BCUT2D eigenvalue weighted by Gasteiger charge is -2.59. The fraction of sp³-hybridized carbons (Fsp3) is 0.704. The zero-order valence-electron chi connectivity index (χ0n) is 22.0. The summed E-state index contributed by atoms with van der Waals surface area (Å²) in [5, 5.41) is 4.10. The summed E-state index contributed by atoms with van der Waals surface area (Å²) in [6, 6.07) is 5.37. The summed E-state index contributed by atoms with van der Waals surface area (Å²) in [5.74, 6) is 2.97. The number of amides is 1. The number of nitrogens with zero attached hydrogens (tertiary/aromatic N) is 3. The van der Waals surface area contributed by atoms with E-state index in [2.05, 4.69) is 16.8 Å². The van der Waals surface area contributed by atoms with Gasteiger partial charge in [-0.3, -0.25) is 4.79 Å². The fourth-order valence-corrected chi connectivity index (χ4v) is 10.0. The number of benzene rings is 1. The minimum Gasteiger partial charge on any atom is -0.352 e. The standard InChI is InChI=1S/C27H40N4O3S2/c1-5-30(6-2)36(33,34)22-8-9-24-23(13-22)29-26(31(24)7-3)35-17-25(32)28-18(4)27-14-19-10-20(15-27)12-21(11-19)16-27/h8-9,13,18-21H,5-7,10-12,14-17H2,1-4H3,(H,28,32). The Morgan fingerprint density at radius 1 is 1.14 bits per heavy atom. The number of hydrogen-bond acceptors (Lipinski definition) is 5. The van der Waals surface area contributed by atoms with Gasteiger partial charge in [-0.2, -0.15) is 4.31 Å². The lowest BCUT2D eigenvalue weighted by Crippen LogP contribution is -2.56. The van der Waals surface area contributed by atoms with Gasteiger partial charge in [0.25, 0.3) is 0 Å². The van der Waals surface area contributed by atoms with Crippen LogP contribution < -0.4 is 5.32 Å². The van der Waals surface area contributed by atoms with Gasteiger partial charge < -0.3 is 9.88 Å². The van der Waals surface area contributed by atoms with Crippen LogP contribution in [0.1, 0.15) is 66.2 Å². The van der Waals surface area contributed by atoms with Crippen molar-refractivity contribution in [2.45, 2.75) is 88.9 Å². The number of aryl methyl sites for hydroxylation is 1. The average molecular weight is 533 g/mol. The van der Waals surface area contributed by atoms with Gasteiger partial charge in [0.15, 0.2) is 5.16 Å². The third-order valence-corrected chi connectivity index (χ3v) is 12.1. The molecule has 7 nitrogen and oxygen atoms in total. The Hall–Kier alpha value is -1.58. The molecule has 1 atom stereocenters. The molecule has 0 spiro atoms. The van der Waals surface area contributed by atoms with Crippen LogP contribution in [-0.4, -0.2) is 53.1 Å².